The van der Waals surface area contributed by atoms with Crippen molar-refractivity contribution in [3.8, 4) is 0 Å². The summed E-state index contributed by atoms with van der Waals surface area (Å²) in [5.41, 5.74) is 12.8. The number of amides is 2. The third-order valence-corrected chi connectivity index (χ3v) is 5.27. The van der Waals surface area contributed by atoms with Gasteiger partial charge in [-0.3, -0.25) is 9.59 Å². The Bertz CT molecular complexity index is 720. The van der Waals surface area contributed by atoms with Gasteiger partial charge in [0.2, 0.25) is 5.91 Å². The Balaban J connectivity index is 0.00000208. The van der Waals surface area contributed by atoms with E-state index >= 15 is 0 Å². The number of hydrogen-bond acceptors (Lipinski definition) is 4. The summed E-state index contributed by atoms with van der Waals surface area (Å²) >= 11 is 1.26. The van der Waals surface area contributed by atoms with Crippen molar-refractivity contribution in [2.24, 2.45) is 17.4 Å². The maximum atomic E-state index is 12.7. The molecule has 7 heteroatoms. The third-order valence-electron chi connectivity index (χ3n) is 4.35. The number of primary amides is 1. The summed E-state index contributed by atoms with van der Waals surface area (Å²) in [6, 6.07) is 11.7. The Morgan fingerprint density at radius 3 is 2.50 bits per heavy atom. The van der Waals surface area contributed by atoms with Gasteiger partial charge in [0.1, 0.15) is 0 Å². The molecular formula is C17H20ClN3O2S. The molecule has 1 aromatic carbocycles. The number of carbonyl (C=O) groups is 2. The summed E-state index contributed by atoms with van der Waals surface area (Å²) in [7, 11) is 0. The third kappa shape index (κ3) is 3.61. The standard InChI is InChI=1S/C17H19N3O2S.ClH/c18-7-13-8-20(9-14(13)11-4-2-1-3-5-11)17(22)15-6-12(10-23-15)16(19)21;/h1-6,10,13-14H,7-9,18H2,(H2,19,21);1H/t13-,14+;/m1./s1. The zero-order valence-corrected chi connectivity index (χ0v) is 14.7. The van der Waals surface area contributed by atoms with E-state index in [2.05, 4.69) is 12.1 Å². The van der Waals surface area contributed by atoms with Crippen LogP contribution < -0.4 is 11.5 Å². The largest absolute Gasteiger partial charge is 0.366 e. The minimum atomic E-state index is -0.510. The van der Waals surface area contributed by atoms with E-state index in [9.17, 15) is 9.59 Å². The molecule has 2 aromatic rings. The van der Waals surface area contributed by atoms with Gasteiger partial charge in [0, 0.05) is 24.4 Å². The second-order valence-electron chi connectivity index (χ2n) is 5.79. The average Bonchev–Trinajstić information content (AvgIpc) is 3.22. The fraction of sp³-hybridized carbons (Fsp3) is 0.294. The van der Waals surface area contributed by atoms with Crippen LogP contribution in [0.4, 0.5) is 0 Å². The number of thiophene rings is 1. The summed E-state index contributed by atoms with van der Waals surface area (Å²) in [6.45, 7) is 1.83. The van der Waals surface area contributed by atoms with Crippen molar-refractivity contribution in [2.45, 2.75) is 5.92 Å². The van der Waals surface area contributed by atoms with E-state index < -0.39 is 5.91 Å². The van der Waals surface area contributed by atoms with Crippen molar-refractivity contribution < 1.29 is 9.59 Å². The minimum absolute atomic E-state index is 0. The number of hydrogen-bond donors (Lipinski definition) is 2. The first kappa shape index (κ1) is 18.4. The number of benzene rings is 1. The van der Waals surface area contributed by atoms with Gasteiger partial charge in [-0.25, -0.2) is 0 Å². The molecule has 5 nitrogen and oxygen atoms in total. The monoisotopic (exact) mass is 365 g/mol. The first-order chi connectivity index (χ1) is 11.1. The molecule has 0 saturated carbocycles. The zero-order chi connectivity index (χ0) is 16.4. The zero-order valence-electron chi connectivity index (χ0n) is 13.1. The van der Waals surface area contributed by atoms with Crippen molar-refractivity contribution in [2.75, 3.05) is 19.6 Å². The Morgan fingerprint density at radius 1 is 1.21 bits per heavy atom. The molecule has 0 aliphatic carbocycles. The summed E-state index contributed by atoms with van der Waals surface area (Å²) in [6.07, 6.45) is 0. The highest BCUT2D eigenvalue weighted by molar-refractivity contribution is 7.12. The first-order valence-corrected chi connectivity index (χ1v) is 8.40. The SMILES string of the molecule is Cl.NC[C@@H]1CN(C(=O)c2cc(C(N)=O)cs2)C[C@H]1c1ccccc1. The van der Waals surface area contributed by atoms with Crippen LogP contribution in [0, 0.1) is 5.92 Å². The smallest absolute Gasteiger partial charge is 0.263 e. The lowest BCUT2D eigenvalue weighted by molar-refractivity contribution is 0.0791. The second-order valence-corrected chi connectivity index (χ2v) is 6.70. The van der Waals surface area contributed by atoms with Gasteiger partial charge in [0.25, 0.3) is 5.91 Å². The van der Waals surface area contributed by atoms with E-state index in [0.29, 0.717) is 30.1 Å². The van der Waals surface area contributed by atoms with Crippen LogP contribution in [0.15, 0.2) is 41.8 Å². The highest BCUT2D eigenvalue weighted by Gasteiger charge is 2.36. The van der Waals surface area contributed by atoms with Gasteiger partial charge in [-0.2, -0.15) is 0 Å². The van der Waals surface area contributed by atoms with Crippen LogP contribution >= 0.6 is 23.7 Å². The lowest BCUT2D eigenvalue weighted by atomic mass is 9.89. The van der Waals surface area contributed by atoms with E-state index in [1.54, 1.807) is 11.4 Å². The fourth-order valence-electron chi connectivity index (χ4n) is 3.09. The molecule has 2 amide bonds. The maximum absolute atomic E-state index is 12.7. The normalized spacial score (nSPS) is 19.8. The van der Waals surface area contributed by atoms with E-state index in [1.807, 2.05) is 23.1 Å². The highest BCUT2D eigenvalue weighted by Crippen LogP contribution is 2.33. The topological polar surface area (TPSA) is 89.4 Å². The van der Waals surface area contributed by atoms with Crippen molar-refractivity contribution in [1.82, 2.24) is 4.90 Å². The molecule has 1 saturated heterocycles. The number of carbonyl (C=O) groups excluding carboxylic acids is 2. The van der Waals surface area contributed by atoms with Crippen LogP contribution in [-0.2, 0) is 0 Å². The quantitative estimate of drug-likeness (QED) is 0.869. The van der Waals surface area contributed by atoms with Gasteiger partial charge >= 0.3 is 0 Å². The van der Waals surface area contributed by atoms with Gasteiger partial charge in [-0.05, 0) is 24.1 Å². The fourth-order valence-corrected chi connectivity index (χ4v) is 3.95. The molecule has 0 spiro atoms. The van der Waals surface area contributed by atoms with Gasteiger partial charge in [-0.1, -0.05) is 30.3 Å². The minimum Gasteiger partial charge on any atom is -0.366 e. The van der Waals surface area contributed by atoms with Gasteiger partial charge in [0.15, 0.2) is 0 Å². The Hall–Kier alpha value is -1.89. The summed E-state index contributed by atoms with van der Waals surface area (Å²) in [4.78, 5) is 26.2. The molecule has 1 aliphatic rings. The van der Waals surface area contributed by atoms with E-state index in [-0.39, 0.29) is 30.2 Å². The molecule has 1 aliphatic heterocycles. The molecule has 4 N–H and O–H groups in total. The van der Waals surface area contributed by atoms with E-state index in [1.165, 1.54) is 16.9 Å². The van der Waals surface area contributed by atoms with Crippen molar-refractivity contribution in [1.29, 1.82) is 0 Å². The predicted octanol–water partition coefficient (Wildman–Crippen LogP) is 2.08. The lowest BCUT2D eigenvalue weighted by Gasteiger charge is -2.16. The first-order valence-electron chi connectivity index (χ1n) is 7.52. The van der Waals surface area contributed by atoms with E-state index in [0.717, 1.165) is 0 Å². The molecule has 2 atom stereocenters. The second kappa shape index (κ2) is 7.79. The summed E-state index contributed by atoms with van der Waals surface area (Å²) in [5, 5.41) is 1.63. The molecule has 24 heavy (non-hydrogen) atoms. The Labute approximate surface area is 151 Å². The van der Waals surface area contributed by atoms with Crippen LogP contribution in [0.5, 0.6) is 0 Å². The molecule has 0 unspecified atom stereocenters. The summed E-state index contributed by atoms with van der Waals surface area (Å²) < 4.78 is 0. The molecule has 0 bridgehead atoms. The molecule has 128 valence electrons. The van der Waals surface area contributed by atoms with Crippen LogP contribution in [0.3, 0.4) is 0 Å². The van der Waals surface area contributed by atoms with Crippen LogP contribution in [0.2, 0.25) is 0 Å². The molecule has 3 rings (SSSR count). The molecule has 1 aromatic heterocycles. The number of likely N-dealkylation sites (tertiary alicyclic amines) is 1. The molecule has 2 heterocycles. The summed E-state index contributed by atoms with van der Waals surface area (Å²) in [5.74, 6) is -0.0688. The van der Waals surface area contributed by atoms with E-state index in [4.69, 9.17) is 11.5 Å². The Morgan fingerprint density at radius 2 is 1.92 bits per heavy atom. The van der Waals surface area contributed by atoms with Crippen molar-refractivity contribution in [3.05, 3.63) is 57.8 Å². The number of nitrogens with two attached hydrogens (primary N) is 2. The maximum Gasteiger partial charge on any atom is 0.263 e. The van der Waals surface area contributed by atoms with Gasteiger partial charge in [0.05, 0.1) is 10.4 Å². The van der Waals surface area contributed by atoms with Crippen molar-refractivity contribution >= 4 is 35.6 Å². The van der Waals surface area contributed by atoms with Crippen LogP contribution in [-0.4, -0.2) is 36.3 Å². The van der Waals surface area contributed by atoms with Crippen LogP contribution in [0.25, 0.3) is 0 Å². The average molecular weight is 366 g/mol. The predicted molar refractivity (Wildman–Crippen MR) is 97.7 cm³/mol. The number of nitrogens with zero attached hydrogens (tertiary/aromatic N) is 1. The molecule has 1 fully saturated rings. The molecule has 0 radical (unpaired) electrons. The number of halogens is 1. The number of rotatable bonds is 4. The van der Waals surface area contributed by atoms with Crippen LogP contribution in [0.1, 0.15) is 31.5 Å². The Kier molecular flexibility index (Phi) is 5.99. The lowest BCUT2D eigenvalue weighted by Crippen LogP contribution is -2.29. The molecular weight excluding hydrogens is 346 g/mol. The van der Waals surface area contributed by atoms with Crippen molar-refractivity contribution in [3.63, 3.8) is 0 Å². The van der Waals surface area contributed by atoms with Gasteiger partial charge < -0.3 is 16.4 Å². The van der Waals surface area contributed by atoms with Gasteiger partial charge in [-0.15, -0.1) is 23.7 Å². The highest BCUT2D eigenvalue weighted by atomic mass is 35.5.